The van der Waals surface area contributed by atoms with Crippen molar-refractivity contribution in [3.63, 3.8) is 0 Å². The van der Waals surface area contributed by atoms with Gasteiger partial charge in [0, 0.05) is 9.37 Å². The SMILES string of the molecule is OCc1ccc(Sc2ncn[nH]2)cc1Br. The number of hydrogen-bond donors (Lipinski definition) is 2. The molecule has 0 spiro atoms. The minimum absolute atomic E-state index is 0.0356. The summed E-state index contributed by atoms with van der Waals surface area (Å²) in [6.45, 7) is 0.0356. The Labute approximate surface area is 99.3 Å². The normalized spacial score (nSPS) is 10.5. The molecule has 15 heavy (non-hydrogen) atoms. The van der Waals surface area contributed by atoms with E-state index in [0.717, 1.165) is 20.1 Å². The van der Waals surface area contributed by atoms with Crippen molar-refractivity contribution >= 4 is 27.7 Å². The summed E-state index contributed by atoms with van der Waals surface area (Å²) in [4.78, 5) is 5.05. The second-order valence-corrected chi connectivity index (χ2v) is 4.72. The van der Waals surface area contributed by atoms with Crippen molar-refractivity contribution in [2.45, 2.75) is 16.7 Å². The summed E-state index contributed by atoms with van der Waals surface area (Å²) in [5, 5.41) is 16.3. The molecule has 0 atom stereocenters. The van der Waals surface area contributed by atoms with Crippen LogP contribution in [-0.4, -0.2) is 20.3 Å². The van der Waals surface area contributed by atoms with Gasteiger partial charge in [-0.25, -0.2) is 4.98 Å². The monoisotopic (exact) mass is 285 g/mol. The molecule has 4 nitrogen and oxygen atoms in total. The number of H-pyrrole nitrogens is 1. The molecule has 1 aromatic carbocycles. The number of nitrogens with zero attached hydrogens (tertiary/aromatic N) is 2. The van der Waals surface area contributed by atoms with Crippen LogP contribution in [0.15, 0.2) is 39.1 Å². The summed E-state index contributed by atoms with van der Waals surface area (Å²) in [6, 6.07) is 5.75. The Bertz CT molecular complexity index is 447. The molecule has 2 aromatic rings. The molecule has 0 fully saturated rings. The second kappa shape index (κ2) is 4.78. The molecule has 0 amide bonds. The van der Waals surface area contributed by atoms with Gasteiger partial charge in [-0.3, -0.25) is 5.10 Å². The summed E-state index contributed by atoms with van der Waals surface area (Å²) < 4.78 is 0.898. The predicted octanol–water partition coefficient (Wildman–Crippen LogP) is 2.21. The van der Waals surface area contributed by atoms with Gasteiger partial charge in [-0.2, -0.15) is 5.10 Å². The van der Waals surface area contributed by atoms with Crippen LogP contribution >= 0.6 is 27.7 Å². The fourth-order valence-corrected chi connectivity index (χ4v) is 2.46. The molecular formula is C9H8BrN3OS. The van der Waals surface area contributed by atoms with Crippen molar-refractivity contribution in [1.29, 1.82) is 0 Å². The van der Waals surface area contributed by atoms with Gasteiger partial charge in [0.25, 0.3) is 0 Å². The Morgan fingerprint density at radius 1 is 1.47 bits per heavy atom. The van der Waals surface area contributed by atoms with Crippen molar-refractivity contribution in [3.8, 4) is 0 Å². The largest absolute Gasteiger partial charge is 0.392 e. The summed E-state index contributed by atoms with van der Waals surface area (Å²) in [5.41, 5.74) is 0.872. The van der Waals surface area contributed by atoms with E-state index in [0.29, 0.717) is 0 Å². The third kappa shape index (κ3) is 2.58. The van der Waals surface area contributed by atoms with Crippen LogP contribution in [0.1, 0.15) is 5.56 Å². The van der Waals surface area contributed by atoms with Crippen molar-refractivity contribution < 1.29 is 5.11 Å². The average molecular weight is 286 g/mol. The van der Waals surface area contributed by atoms with Crippen LogP contribution < -0.4 is 0 Å². The topological polar surface area (TPSA) is 61.8 Å². The van der Waals surface area contributed by atoms with Crippen LogP contribution in [0.3, 0.4) is 0 Å². The molecule has 2 rings (SSSR count). The van der Waals surface area contributed by atoms with Gasteiger partial charge in [-0.15, -0.1) is 0 Å². The number of aromatic nitrogens is 3. The number of aliphatic hydroxyl groups excluding tert-OH is 1. The van der Waals surface area contributed by atoms with Crippen molar-refractivity contribution in [3.05, 3.63) is 34.6 Å². The molecule has 0 unspecified atom stereocenters. The number of aromatic amines is 1. The molecule has 0 bridgehead atoms. The first kappa shape index (κ1) is 10.7. The van der Waals surface area contributed by atoms with Crippen LogP contribution in [0.4, 0.5) is 0 Å². The van der Waals surface area contributed by atoms with Crippen LogP contribution in [0.2, 0.25) is 0 Å². The highest BCUT2D eigenvalue weighted by atomic mass is 79.9. The highest BCUT2D eigenvalue weighted by Gasteiger charge is 2.03. The van der Waals surface area contributed by atoms with Crippen LogP contribution in [0.5, 0.6) is 0 Å². The molecular weight excluding hydrogens is 278 g/mol. The summed E-state index contributed by atoms with van der Waals surface area (Å²) in [6.07, 6.45) is 1.47. The lowest BCUT2D eigenvalue weighted by Gasteiger charge is -2.03. The third-order valence-corrected chi connectivity index (χ3v) is 3.42. The first-order chi connectivity index (χ1) is 7.29. The Balaban J connectivity index is 2.20. The molecule has 0 radical (unpaired) electrons. The van der Waals surface area contributed by atoms with E-state index in [2.05, 4.69) is 31.1 Å². The Hall–Kier alpha value is -0.850. The van der Waals surface area contributed by atoms with Crippen molar-refractivity contribution in [2.75, 3.05) is 0 Å². The van der Waals surface area contributed by atoms with Crippen LogP contribution in [-0.2, 0) is 6.61 Å². The minimum Gasteiger partial charge on any atom is -0.392 e. The molecule has 1 aromatic heterocycles. The van der Waals surface area contributed by atoms with Crippen LogP contribution in [0, 0.1) is 0 Å². The van der Waals surface area contributed by atoms with E-state index in [1.807, 2.05) is 18.2 Å². The fourth-order valence-electron chi connectivity index (χ4n) is 1.07. The fraction of sp³-hybridized carbons (Fsp3) is 0.111. The van der Waals surface area contributed by atoms with Crippen molar-refractivity contribution in [1.82, 2.24) is 15.2 Å². The van der Waals surface area contributed by atoms with Crippen LogP contribution in [0.25, 0.3) is 0 Å². The quantitative estimate of drug-likeness (QED) is 0.908. The average Bonchev–Trinajstić information content (AvgIpc) is 2.71. The number of hydrogen-bond acceptors (Lipinski definition) is 4. The highest BCUT2D eigenvalue weighted by molar-refractivity contribution is 9.10. The predicted molar refractivity (Wildman–Crippen MR) is 60.6 cm³/mol. The number of rotatable bonds is 3. The van der Waals surface area contributed by atoms with Gasteiger partial charge in [-0.05, 0) is 17.7 Å². The van der Waals surface area contributed by atoms with E-state index in [9.17, 15) is 0 Å². The van der Waals surface area contributed by atoms with E-state index in [1.54, 1.807) is 0 Å². The maximum absolute atomic E-state index is 9.00. The van der Waals surface area contributed by atoms with E-state index in [-0.39, 0.29) is 6.61 Å². The lowest BCUT2D eigenvalue weighted by atomic mass is 10.2. The first-order valence-electron chi connectivity index (χ1n) is 4.22. The lowest BCUT2D eigenvalue weighted by Crippen LogP contribution is -1.85. The molecule has 78 valence electrons. The smallest absolute Gasteiger partial charge is 0.188 e. The Morgan fingerprint density at radius 2 is 2.33 bits per heavy atom. The molecule has 0 saturated carbocycles. The number of aliphatic hydroxyl groups is 1. The molecule has 0 saturated heterocycles. The number of halogens is 1. The third-order valence-electron chi connectivity index (χ3n) is 1.80. The minimum atomic E-state index is 0.0356. The number of nitrogens with one attached hydrogen (secondary N) is 1. The maximum Gasteiger partial charge on any atom is 0.188 e. The van der Waals surface area contributed by atoms with Gasteiger partial charge in [0.05, 0.1) is 6.61 Å². The summed E-state index contributed by atoms with van der Waals surface area (Å²) in [7, 11) is 0. The molecule has 2 N–H and O–H groups in total. The Morgan fingerprint density at radius 3 is 2.93 bits per heavy atom. The van der Waals surface area contributed by atoms with Gasteiger partial charge < -0.3 is 5.11 Å². The maximum atomic E-state index is 9.00. The van der Waals surface area contributed by atoms with Crippen molar-refractivity contribution in [2.24, 2.45) is 0 Å². The second-order valence-electron chi connectivity index (χ2n) is 2.80. The van der Waals surface area contributed by atoms with E-state index in [1.165, 1.54) is 18.1 Å². The molecule has 0 aliphatic heterocycles. The van der Waals surface area contributed by atoms with Gasteiger partial charge in [-0.1, -0.05) is 33.8 Å². The van der Waals surface area contributed by atoms with E-state index in [4.69, 9.17) is 5.11 Å². The standard InChI is InChI=1S/C9H8BrN3OS/c10-8-3-7(2-1-6(8)4-14)15-9-11-5-12-13-9/h1-3,5,14H,4H2,(H,11,12,13). The zero-order chi connectivity index (χ0) is 10.7. The number of benzene rings is 1. The molecule has 6 heteroatoms. The Kier molecular flexibility index (Phi) is 3.40. The van der Waals surface area contributed by atoms with Gasteiger partial charge in [0.1, 0.15) is 6.33 Å². The van der Waals surface area contributed by atoms with Gasteiger partial charge >= 0.3 is 0 Å². The lowest BCUT2D eigenvalue weighted by molar-refractivity contribution is 0.281. The highest BCUT2D eigenvalue weighted by Crippen LogP contribution is 2.28. The summed E-state index contributed by atoms with van der Waals surface area (Å²) in [5.74, 6) is 0. The first-order valence-corrected chi connectivity index (χ1v) is 5.83. The van der Waals surface area contributed by atoms with E-state index < -0.39 is 0 Å². The van der Waals surface area contributed by atoms with E-state index >= 15 is 0 Å². The molecule has 1 heterocycles. The van der Waals surface area contributed by atoms with Gasteiger partial charge in [0.2, 0.25) is 0 Å². The molecule has 0 aliphatic carbocycles. The van der Waals surface area contributed by atoms with Gasteiger partial charge in [0.15, 0.2) is 5.16 Å². The zero-order valence-corrected chi connectivity index (χ0v) is 10.0. The molecule has 0 aliphatic rings. The summed E-state index contributed by atoms with van der Waals surface area (Å²) >= 11 is 4.88. The zero-order valence-electron chi connectivity index (χ0n) is 7.64.